The Morgan fingerprint density at radius 1 is 1.15 bits per heavy atom. The van der Waals surface area contributed by atoms with Gasteiger partial charge in [0.1, 0.15) is 0 Å². The molecule has 1 saturated carbocycles. The third-order valence-electron chi connectivity index (χ3n) is 4.10. The normalized spacial score (nSPS) is 20.6. The summed E-state index contributed by atoms with van der Waals surface area (Å²) in [5.41, 5.74) is 5.59. The standard InChI is InChI=1S/C15H20F3NO/c16-15(17,18)12-8-4-7-11(9-12)13(19)14(20)10-5-2-1-3-6-10/h4,7-10,13-14,20H,1-3,5-6,19H2/t13-,14+/m1/s1. The molecule has 2 rings (SSSR count). The van der Waals surface area contributed by atoms with Crippen molar-refractivity contribution in [2.45, 2.75) is 50.4 Å². The average molecular weight is 287 g/mol. The molecule has 1 fully saturated rings. The van der Waals surface area contributed by atoms with Gasteiger partial charge in [-0.15, -0.1) is 0 Å². The predicted octanol–water partition coefficient (Wildman–Crippen LogP) is 3.65. The van der Waals surface area contributed by atoms with E-state index in [9.17, 15) is 18.3 Å². The molecule has 0 unspecified atom stereocenters. The number of halogens is 3. The van der Waals surface area contributed by atoms with E-state index in [1.54, 1.807) is 6.07 Å². The van der Waals surface area contributed by atoms with Crippen molar-refractivity contribution < 1.29 is 18.3 Å². The van der Waals surface area contributed by atoms with E-state index in [1.807, 2.05) is 0 Å². The minimum atomic E-state index is -4.38. The summed E-state index contributed by atoms with van der Waals surface area (Å²) in [7, 11) is 0. The molecule has 0 spiro atoms. The van der Waals surface area contributed by atoms with E-state index in [4.69, 9.17) is 5.73 Å². The molecule has 0 radical (unpaired) electrons. The lowest BCUT2D eigenvalue weighted by atomic mass is 9.81. The quantitative estimate of drug-likeness (QED) is 0.891. The smallest absolute Gasteiger partial charge is 0.391 e. The fourth-order valence-electron chi connectivity index (χ4n) is 2.89. The summed E-state index contributed by atoms with van der Waals surface area (Å²) in [6.07, 6.45) is -0.109. The van der Waals surface area contributed by atoms with Crippen LogP contribution in [-0.2, 0) is 6.18 Å². The van der Waals surface area contributed by atoms with Crippen LogP contribution in [0.5, 0.6) is 0 Å². The SMILES string of the molecule is N[C@H](c1cccc(C(F)(F)F)c1)[C@@H](O)C1CCCCC1. The number of aliphatic hydroxyl groups excluding tert-OH is 1. The maximum Gasteiger partial charge on any atom is 0.416 e. The lowest BCUT2D eigenvalue weighted by Crippen LogP contribution is -2.34. The van der Waals surface area contributed by atoms with Gasteiger partial charge < -0.3 is 10.8 Å². The monoisotopic (exact) mass is 287 g/mol. The number of nitrogens with two attached hydrogens (primary N) is 1. The Kier molecular flexibility index (Phi) is 4.70. The van der Waals surface area contributed by atoms with E-state index >= 15 is 0 Å². The van der Waals surface area contributed by atoms with Gasteiger partial charge in [-0.1, -0.05) is 31.4 Å². The third kappa shape index (κ3) is 3.52. The van der Waals surface area contributed by atoms with Crippen LogP contribution in [0.4, 0.5) is 13.2 Å². The van der Waals surface area contributed by atoms with Crippen molar-refractivity contribution >= 4 is 0 Å². The number of rotatable bonds is 3. The Balaban J connectivity index is 2.13. The molecule has 0 aliphatic heterocycles. The molecule has 1 aliphatic rings. The zero-order valence-corrected chi connectivity index (χ0v) is 11.2. The first-order valence-electron chi connectivity index (χ1n) is 7.00. The van der Waals surface area contributed by atoms with E-state index in [-0.39, 0.29) is 5.92 Å². The molecule has 0 heterocycles. The Bertz CT molecular complexity index is 441. The number of hydrogen-bond donors (Lipinski definition) is 2. The van der Waals surface area contributed by atoms with Crippen LogP contribution in [0.15, 0.2) is 24.3 Å². The topological polar surface area (TPSA) is 46.2 Å². The molecule has 112 valence electrons. The molecule has 1 aliphatic carbocycles. The first-order valence-corrected chi connectivity index (χ1v) is 7.00. The van der Waals surface area contributed by atoms with Gasteiger partial charge in [0.15, 0.2) is 0 Å². The summed E-state index contributed by atoms with van der Waals surface area (Å²) in [5, 5.41) is 10.3. The van der Waals surface area contributed by atoms with E-state index in [1.165, 1.54) is 6.07 Å². The summed E-state index contributed by atoms with van der Waals surface area (Å²) in [4.78, 5) is 0. The molecule has 0 saturated heterocycles. The van der Waals surface area contributed by atoms with Crippen LogP contribution < -0.4 is 5.73 Å². The van der Waals surface area contributed by atoms with Crippen LogP contribution in [0, 0.1) is 5.92 Å². The van der Waals surface area contributed by atoms with Crippen LogP contribution in [-0.4, -0.2) is 11.2 Å². The molecular formula is C15H20F3NO. The van der Waals surface area contributed by atoms with Gasteiger partial charge in [-0.05, 0) is 36.5 Å². The van der Waals surface area contributed by atoms with Crippen molar-refractivity contribution in [3.05, 3.63) is 35.4 Å². The fraction of sp³-hybridized carbons (Fsp3) is 0.600. The van der Waals surface area contributed by atoms with Crippen molar-refractivity contribution in [2.24, 2.45) is 11.7 Å². The van der Waals surface area contributed by atoms with Gasteiger partial charge in [-0.25, -0.2) is 0 Å². The van der Waals surface area contributed by atoms with Gasteiger partial charge in [-0.3, -0.25) is 0 Å². The van der Waals surface area contributed by atoms with Gasteiger partial charge in [0.2, 0.25) is 0 Å². The van der Waals surface area contributed by atoms with Crippen LogP contribution in [0.3, 0.4) is 0 Å². The maximum absolute atomic E-state index is 12.7. The van der Waals surface area contributed by atoms with Crippen molar-refractivity contribution in [1.29, 1.82) is 0 Å². The van der Waals surface area contributed by atoms with Gasteiger partial charge in [0, 0.05) is 0 Å². The molecule has 3 N–H and O–H groups in total. The number of alkyl halides is 3. The zero-order valence-electron chi connectivity index (χ0n) is 11.2. The highest BCUT2D eigenvalue weighted by molar-refractivity contribution is 5.28. The minimum absolute atomic E-state index is 0.0910. The Labute approximate surface area is 116 Å². The molecule has 2 atom stereocenters. The van der Waals surface area contributed by atoms with E-state index < -0.39 is 23.9 Å². The number of hydrogen-bond acceptors (Lipinski definition) is 2. The molecule has 2 nitrogen and oxygen atoms in total. The van der Waals surface area contributed by atoms with Crippen molar-refractivity contribution in [2.75, 3.05) is 0 Å². The Morgan fingerprint density at radius 2 is 1.80 bits per heavy atom. The molecule has 0 amide bonds. The summed E-state index contributed by atoms with van der Waals surface area (Å²) in [6.45, 7) is 0. The Morgan fingerprint density at radius 3 is 2.40 bits per heavy atom. The van der Waals surface area contributed by atoms with Gasteiger partial charge in [0.25, 0.3) is 0 Å². The largest absolute Gasteiger partial charge is 0.416 e. The fourth-order valence-corrected chi connectivity index (χ4v) is 2.89. The zero-order chi connectivity index (χ0) is 14.8. The van der Waals surface area contributed by atoms with Crippen molar-refractivity contribution in [3.8, 4) is 0 Å². The second-order valence-electron chi connectivity index (χ2n) is 5.54. The number of benzene rings is 1. The van der Waals surface area contributed by atoms with Crippen molar-refractivity contribution in [1.82, 2.24) is 0 Å². The van der Waals surface area contributed by atoms with Gasteiger partial charge in [0.05, 0.1) is 17.7 Å². The first kappa shape index (κ1) is 15.3. The molecule has 1 aromatic carbocycles. The average Bonchev–Trinajstić information content (AvgIpc) is 2.46. The number of aliphatic hydroxyl groups is 1. The predicted molar refractivity (Wildman–Crippen MR) is 71.0 cm³/mol. The second-order valence-corrected chi connectivity index (χ2v) is 5.54. The highest BCUT2D eigenvalue weighted by atomic mass is 19.4. The van der Waals surface area contributed by atoms with Crippen molar-refractivity contribution in [3.63, 3.8) is 0 Å². The first-order chi connectivity index (χ1) is 9.39. The lowest BCUT2D eigenvalue weighted by Gasteiger charge is -2.30. The molecular weight excluding hydrogens is 267 g/mol. The molecule has 0 bridgehead atoms. The minimum Gasteiger partial charge on any atom is -0.391 e. The molecule has 0 aromatic heterocycles. The highest BCUT2D eigenvalue weighted by Crippen LogP contribution is 2.34. The molecule has 1 aromatic rings. The van der Waals surface area contributed by atoms with Gasteiger partial charge >= 0.3 is 6.18 Å². The molecule has 5 heteroatoms. The van der Waals surface area contributed by atoms with Crippen LogP contribution in [0.2, 0.25) is 0 Å². The third-order valence-corrected chi connectivity index (χ3v) is 4.10. The van der Waals surface area contributed by atoms with E-state index in [0.29, 0.717) is 5.56 Å². The summed E-state index contributed by atoms with van der Waals surface area (Å²) in [5.74, 6) is 0.0910. The Hall–Kier alpha value is -1.07. The van der Waals surface area contributed by atoms with E-state index in [0.717, 1.165) is 44.2 Å². The van der Waals surface area contributed by atoms with Crippen LogP contribution in [0.25, 0.3) is 0 Å². The van der Waals surface area contributed by atoms with Crippen LogP contribution in [0.1, 0.15) is 49.3 Å². The lowest BCUT2D eigenvalue weighted by molar-refractivity contribution is -0.137. The summed E-state index contributed by atoms with van der Waals surface area (Å²) >= 11 is 0. The van der Waals surface area contributed by atoms with E-state index in [2.05, 4.69) is 0 Å². The van der Waals surface area contributed by atoms with Crippen LogP contribution >= 0.6 is 0 Å². The highest BCUT2D eigenvalue weighted by Gasteiger charge is 2.32. The maximum atomic E-state index is 12.7. The summed E-state index contributed by atoms with van der Waals surface area (Å²) in [6, 6.07) is 4.18. The second kappa shape index (κ2) is 6.14. The van der Waals surface area contributed by atoms with Gasteiger partial charge in [-0.2, -0.15) is 13.2 Å². The summed E-state index contributed by atoms with van der Waals surface area (Å²) < 4.78 is 38.1. The molecule has 20 heavy (non-hydrogen) atoms.